The van der Waals surface area contributed by atoms with Gasteiger partial charge in [0.25, 0.3) is 0 Å². The summed E-state index contributed by atoms with van der Waals surface area (Å²) in [6, 6.07) is 9.04. The van der Waals surface area contributed by atoms with E-state index in [1.807, 2.05) is 6.07 Å². The van der Waals surface area contributed by atoms with Gasteiger partial charge in [0.15, 0.2) is 5.69 Å². The van der Waals surface area contributed by atoms with E-state index < -0.39 is 11.9 Å². The number of carbonyl (C=O) groups is 1. The number of aromatic nitrogens is 1. The summed E-state index contributed by atoms with van der Waals surface area (Å²) >= 11 is 12.1. The van der Waals surface area contributed by atoms with Crippen LogP contribution in [0.3, 0.4) is 0 Å². The molecule has 1 unspecified atom stereocenters. The minimum atomic E-state index is -4.58. The van der Waals surface area contributed by atoms with Crippen LogP contribution in [-0.2, 0) is 19.0 Å². The number of alkyl halides is 3. The average molecular weight is 612 g/mol. The van der Waals surface area contributed by atoms with Crippen LogP contribution in [0.25, 0.3) is 5.57 Å². The third kappa shape index (κ3) is 7.00. The first kappa shape index (κ1) is 30.1. The Morgan fingerprint density at radius 2 is 1.95 bits per heavy atom. The molecule has 2 aliphatic heterocycles. The van der Waals surface area contributed by atoms with Crippen molar-refractivity contribution in [3.05, 3.63) is 68.5 Å². The van der Waals surface area contributed by atoms with E-state index in [1.165, 1.54) is 28.3 Å². The average Bonchev–Trinajstić information content (AvgIpc) is 3.27. The molecule has 1 fully saturated rings. The van der Waals surface area contributed by atoms with Gasteiger partial charge in [-0.2, -0.15) is 13.2 Å². The predicted octanol–water partition coefficient (Wildman–Crippen LogP) is 4.61. The molecule has 2 amide bonds. The first-order valence-electron chi connectivity index (χ1n) is 14.0. The Kier molecular flexibility index (Phi) is 9.45. The van der Waals surface area contributed by atoms with Crippen molar-refractivity contribution >= 4 is 34.8 Å². The molecule has 7 nitrogen and oxygen atoms in total. The zero-order chi connectivity index (χ0) is 29.1. The van der Waals surface area contributed by atoms with Gasteiger partial charge in [-0.3, -0.25) is 4.90 Å². The van der Waals surface area contributed by atoms with Gasteiger partial charge in [0.1, 0.15) is 0 Å². The molecule has 5 rings (SSSR count). The predicted molar refractivity (Wildman–Crippen MR) is 155 cm³/mol. The Morgan fingerprint density at radius 3 is 2.71 bits per heavy atom. The second-order valence-corrected chi connectivity index (χ2v) is 11.8. The standard InChI is InChI=1S/C29H35Cl2F3N6O/c30-20-4-3-19-12-24-22(23(19)13-20)7-11-39(10-1-2-21-5-6-25(31)27(38-21)29(32,33)34)26(24)15-36-14-18-16-40(17-18)28(41)37-9-8-35/h3-6,13,18,26,36H,1-2,7-12,14-17,35H2,(H,37,41). The van der Waals surface area contributed by atoms with Crippen molar-refractivity contribution in [3.63, 3.8) is 0 Å². The largest absolute Gasteiger partial charge is 0.434 e. The number of likely N-dealkylation sites (tertiary alicyclic amines) is 1. The van der Waals surface area contributed by atoms with Gasteiger partial charge in [-0.1, -0.05) is 29.3 Å². The molecule has 0 spiro atoms. The Balaban J connectivity index is 1.21. The number of urea groups is 1. The van der Waals surface area contributed by atoms with E-state index in [9.17, 15) is 18.0 Å². The van der Waals surface area contributed by atoms with E-state index in [1.54, 1.807) is 11.0 Å². The van der Waals surface area contributed by atoms with Crippen molar-refractivity contribution in [1.82, 2.24) is 25.4 Å². The summed E-state index contributed by atoms with van der Waals surface area (Å²) < 4.78 is 39.8. The summed E-state index contributed by atoms with van der Waals surface area (Å²) in [7, 11) is 0. The summed E-state index contributed by atoms with van der Waals surface area (Å²) in [4.78, 5) is 20.1. The van der Waals surface area contributed by atoms with Gasteiger partial charge in [0.2, 0.25) is 0 Å². The fraction of sp³-hybridized carbons (Fsp3) is 0.517. The van der Waals surface area contributed by atoms with Crippen LogP contribution in [0.2, 0.25) is 10.0 Å². The number of nitrogens with two attached hydrogens (primary N) is 1. The van der Waals surface area contributed by atoms with Crippen molar-refractivity contribution in [3.8, 4) is 0 Å². The van der Waals surface area contributed by atoms with E-state index in [0.29, 0.717) is 50.6 Å². The lowest BCUT2D eigenvalue weighted by molar-refractivity contribution is -0.141. The van der Waals surface area contributed by atoms with Crippen molar-refractivity contribution < 1.29 is 18.0 Å². The van der Waals surface area contributed by atoms with Gasteiger partial charge in [0.05, 0.1) is 5.02 Å². The highest BCUT2D eigenvalue weighted by Crippen LogP contribution is 2.42. The Hall–Kier alpha value is -2.37. The molecule has 3 aliphatic rings. The molecule has 1 aromatic heterocycles. The first-order chi connectivity index (χ1) is 19.6. The number of nitrogens with one attached hydrogen (secondary N) is 2. The molecule has 1 saturated heterocycles. The van der Waals surface area contributed by atoms with Crippen LogP contribution in [0.1, 0.15) is 35.4 Å². The van der Waals surface area contributed by atoms with Crippen molar-refractivity contribution in [2.45, 2.75) is 37.9 Å². The monoisotopic (exact) mass is 610 g/mol. The van der Waals surface area contributed by atoms with E-state index in [-0.39, 0.29) is 17.1 Å². The number of nitrogens with zero attached hydrogens (tertiary/aromatic N) is 3. The second kappa shape index (κ2) is 12.9. The molecule has 12 heteroatoms. The third-order valence-electron chi connectivity index (χ3n) is 8.14. The van der Waals surface area contributed by atoms with Crippen LogP contribution in [-0.4, -0.2) is 79.2 Å². The van der Waals surface area contributed by atoms with Crippen LogP contribution in [0.15, 0.2) is 35.9 Å². The normalized spacial score (nSPS) is 19.3. The number of hydrogen-bond acceptors (Lipinski definition) is 5. The van der Waals surface area contributed by atoms with Crippen molar-refractivity contribution in [1.29, 1.82) is 0 Å². The van der Waals surface area contributed by atoms with Crippen LogP contribution in [0.5, 0.6) is 0 Å². The molecular formula is C29H35Cl2F3N6O. The number of hydrogen-bond donors (Lipinski definition) is 3. The maximum absolute atomic E-state index is 13.3. The Labute approximate surface area is 248 Å². The summed E-state index contributed by atoms with van der Waals surface area (Å²) in [5.74, 6) is 0.391. The van der Waals surface area contributed by atoms with Gasteiger partial charge in [0, 0.05) is 68.5 Å². The van der Waals surface area contributed by atoms with E-state index in [2.05, 4.69) is 32.7 Å². The van der Waals surface area contributed by atoms with Gasteiger partial charge in [-0.15, -0.1) is 0 Å². The molecule has 0 saturated carbocycles. The van der Waals surface area contributed by atoms with E-state index >= 15 is 0 Å². The smallest absolute Gasteiger partial charge is 0.337 e. The summed E-state index contributed by atoms with van der Waals surface area (Å²) in [6.45, 7) is 5.48. The number of rotatable bonds is 10. The van der Waals surface area contributed by atoms with Gasteiger partial charge in [-0.05, 0) is 78.8 Å². The number of pyridine rings is 1. The molecule has 0 radical (unpaired) electrons. The number of aryl methyl sites for hydroxylation is 1. The maximum atomic E-state index is 13.3. The van der Waals surface area contributed by atoms with Crippen molar-refractivity contribution in [2.75, 3.05) is 52.4 Å². The molecular weight excluding hydrogens is 576 g/mol. The van der Waals surface area contributed by atoms with E-state index in [4.69, 9.17) is 28.9 Å². The molecule has 1 aromatic carbocycles. The lowest BCUT2D eigenvalue weighted by Crippen LogP contribution is -2.57. The molecule has 41 heavy (non-hydrogen) atoms. The van der Waals surface area contributed by atoms with Crippen LogP contribution >= 0.6 is 23.2 Å². The number of amides is 2. The minimum Gasteiger partial charge on any atom is -0.337 e. The van der Waals surface area contributed by atoms with Crippen LogP contribution in [0.4, 0.5) is 18.0 Å². The van der Waals surface area contributed by atoms with Crippen LogP contribution < -0.4 is 16.4 Å². The lowest BCUT2D eigenvalue weighted by atomic mass is 9.92. The molecule has 1 aliphatic carbocycles. The van der Waals surface area contributed by atoms with Gasteiger partial charge >= 0.3 is 12.2 Å². The quantitative estimate of drug-likeness (QED) is 0.366. The summed E-state index contributed by atoms with van der Waals surface area (Å²) in [5.41, 5.74) is 10.1. The molecule has 4 N–H and O–H groups in total. The topological polar surface area (TPSA) is 86.5 Å². The molecule has 3 heterocycles. The Bertz CT molecular complexity index is 1300. The maximum Gasteiger partial charge on any atom is 0.434 e. The highest BCUT2D eigenvalue weighted by atomic mass is 35.5. The number of benzene rings is 1. The molecule has 222 valence electrons. The number of fused-ring (bicyclic) bond motifs is 2. The summed E-state index contributed by atoms with van der Waals surface area (Å²) in [6.07, 6.45) is -1.68. The zero-order valence-corrected chi connectivity index (χ0v) is 24.3. The third-order valence-corrected chi connectivity index (χ3v) is 8.68. The highest BCUT2D eigenvalue weighted by molar-refractivity contribution is 6.31. The Morgan fingerprint density at radius 1 is 1.15 bits per heavy atom. The van der Waals surface area contributed by atoms with Gasteiger partial charge in [-0.25, -0.2) is 9.78 Å². The molecule has 1 atom stereocenters. The zero-order valence-electron chi connectivity index (χ0n) is 22.7. The van der Waals surface area contributed by atoms with Crippen molar-refractivity contribution in [2.24, 2.45) is 11.7 Å². The highest BCUT2D eigenvalue weighted by Gasteiger charge is 2.37. The van der Waals surface area contributed by atoms with E-state index in [0.717, 1.165) is 44.0 Å². The first-order valence-corrected chi connectivity index (χ1v) is 14.8. The summed E-state index contributed by atoms with van der Waals surface area (Å²) in [5, 5.41) is 6.80. The fourth-order valence-electron chi connectivity index (χ4n) is 6.10. The minimum absolute atomic E-state index is 0.0696. The van der Waals surface area contributed by atoms with Crippen LogP contribution in [0, 0.1) is 5.92 Å². The fourth-order valence-corrected chi connectivity index (χ4v) is 6.48. The number of halogens is 5. The SMILES string of the molecule is NCCNC(=O)N1CC(CNCC2C3=C(CCN2CCCc2ccc(Cl)c(C(F)(F)F)n2)c2cc(Cl)ccc2C3)C1. The molecule has 0 bridgehead atoms. The number of carbonyl (C=O) groups excluding carboxylic acids is 1. The second-order valence-electron chi connectivity index (χ2n) is 11.0. The molecule has 2 aromatic rings. The lowest BCUT2D eigenvalue weighted by Gasteiger charge is -2.41. The van der Waals surface area contributed by atoms with Gasteiger partial charge < -0.3 is 21.3 Å².